The van der Waals surface area contributed by atoms with Gasteiger partial charge in [0.05, 0.1) is 22.5 Å². The number of benzene rings is 1. The van der Waals surface area contributed by atoms with Crippen LogP contribution in [0.1, 0.15) is 29.9 Å². The monoisotopic (exact) mass is 346 g/mol. The summed E-state index contributed by atoms with van der Waals surface area (Å²) < 4.78 is 1.79. The number of rotatable bonds is 5. The van der Waals surface area contributed by atoms with Gasteiger partial charge < -0.3 is 0 Å². The molecule has 4 nitrogen and oxygen atoms in total. The van der Waals surface area contributed by atoms with E-state index >= 15 is 0 Å². The van der Waals surface area contributed by atoms with Crippen LogP contribution in [-0.4, -0.2) is 9.78 Å². The third kappa shape index (κ3) is 3.52. The van der Waals surface area contributed by atoms with E-state index in [0.29, 0.717) is 21.5 Å². The topological polar surface area (TPSA) is 55.9 Å². The number of nitrogens with two attached hydrogens (primary N) is 1. The maximum absolute atomic E-state index is 6.38. The number of nitrogens with zero attached hydrogens (tertiary/aromatic N) is 2. The second-order valence-corrected chi connectivity index (χ2v) is 6.00. The standard InChI is InChI=1S/C14H17Cl3N4/c1-3-11-14(17)13(21(2)20-11)7-12(19-18)9-5-4-8(15)6-10(9)16/h4-6,12,19H,3,7,18H2,1-2H3. The van der Waals surface area contributed by atoms with Crippen molar-refractivity contribution in [1.29, 1.82) is 0 Å². The Labute approximate surface area is 139 Å². The van der Waals surface area contributed by atoms with E-state index in [1.807, 2.05) is 20.0 Å². The number of halogens is 3. The first-order chi connectivity index (χ1) is 9.97. The van der Waals surface area contributed by atoms with Crippen LogP contribution in [0.3, 0.4) is 0 Å². The molecule has 0 spiro atoms. The van der Waals surface area contributed by atoms with E-state index in [-0.39, 0.29) is 6.04 Å². The Morgan fingerprint density at radius 2 is 2.05 bits per heavy atom. The lowest BCUT2D eigenvalue weighted by atomic mass is 10.0. The summed E-state index contributed by atoms with van der Waals surface area (Å²) in [4.78, 5) is 0. The van der Waals surface area contributed by atoms with Crippen molar-refractivity contribution in [3.8, 4) is 0 Å². The van der Waals surface area contributed by atoms with Gasteiger partial charge in [-0.2, -0.15) is 5.10 Å². The van der Waals surface area contributed by atoms with Gasteiger partial charge in [0.1, 0.15) is 0 Å². The Kier molecular flexibility index (Phi) is 5.52. The van der Waals surface area contributed by atoms with Gasteiger partial charge in [0.25, 0.3) is 0 Å². The molecule has 1 unspecified atom stereocenters. The van der Waals surface area contributed by atoms with Crippen molar-refractivity contribution in [2.24, 2.45) is 12.9 Å². The molecule has 114 valence electrons. The maximum Gasteiger partial charge on any atom is 0.0850 e. The van der Waals surface area contributed by atoms with Crippen LogP contribution in [0, 0.1) is 0 Å². The predicted molar refractivity (Wildman–Crippen MR) is 87.8 cm³/mol. The van der Waals surface area contributed by atoms with Crippen LogP contribution in [0.2, 0.25) is 15.1 Å². The van der Waals surface area contributed by atoms with Crippen LogP contribution in [0.5, 0.6) is 0 Å². The van der Waals surface area contributed by atoms with Crippen molar-refractivity contribution in [3.05, 3.63) is 50.2 Å². The molecule has 0 amide bonds. The van der Waals surface area contributed by atoms with Gasteiger partial charge in [0, 0.05) is 23.5 Å². The molecule has 0 aliphatic heterocycles. The van der Waals surface area contributed by atoms with E-state index < -0.39 is 0 Å². The highest BCUT2D eigenvalue weighted by molar-refractivity contribution is 6.35. The van der Waals surface area contributed by atoms with Crippen molar-refractivity contribution < 1.29 is 0 Å². The summed E-state index contributed by atoms with van der Waals surface area (Å²) >= 11 is 18.5. The highest BCUT2D eigenvalue weighted by Gasteiger charge is 2.20. The van der Waals surface area contributed by atoms with E-state index in [4.69, 9.17) is 40.6 Å². The number of hydrogen-bond donors (Lipinski definition) is 2. The van der Waals surface area contributed by atoms with Gasteiger partial charge in [-0.3, -0.25) is 16.0 Å². The Bertz CT molecular complexity index is 639. The van der Waals surface area contributed by atoms with Crippen LogP contribution in [-0.2, 0) is 19.9 Å². The Balaban J connectivity index is 2.33. The van der Waals surface area contributed by atoms with Gasteiger partial charge in [0.2, 0.25) is 0 Å². The Hall–Kier alpha value is -0.780. The fraction of sp³-hybridized carbons (Fsp3) is 0.357. The summed E-state index contributed by atoms with van der Waals surface area (Å²) in [5, 5.41) is 6.25. The molecule has 3 N–H and O–H groups in total. The molecule has 0 fully saturated rings. The zero-order valence-corrected chi connectivity index (χ0v) is 14.1. The molecule has 0 bridgehead atoms. The average molecular weight is 348 g/mol. The maximum atomic E-state index is 6.38. The van der Waals surface area contributed by atoms with Crippen molar-refractivity contribution in [2.45, 2.75) is 25.8 Å². The third-order valence-electron chi connectivity index (χ3n) is 3.44. The first kappa shape index (κ1) is 16.6. The van der Waals surface area contributed by atoms with Crippen molar-refractivity contribution >= 4 is 34.8 Å². The van der Waals surface area contributed by atoms with Crippen LogP contribution in [0.15, 0.2) is 18.2 Å². The number of aryl methyl sites for hydroxylation is 2. The first-order valence-electron chi connectivity index (χ1n) is 6.59. The number of nitrogens with one attached hydrogen (secondary N) is 1. The van der Waals surface area contributed by atoms with Crippen molar-refractivity contribution in [3.63, 3.8) is 0 Å². The van der Waals surface area contributed by atoms with E-state index in [9.17, 15) is 0 Å². The Morgan fingerprint density at radius 1 is 1.33 bits per heavy atom. The highest BCUT2D eigenvalue weighted by Crippen LogP contribution is 2.30. The molecule has 2 aromatic rings. The lowest BCUT2D eigenvalue weighted by Crippen LogP contribution is -2.30. The molecule has 0 radical (unpaired) electrons. The third-order valence-corrected chi connectivity index (χ3v) is 4.44. The Morgan fingerprint density at radius 3 is 2.57 bits per heavy atom. The summed E-state index contributed by atoms with van der Waals surface area (Å²) in [5.74, 6) is 5.68. The van der Waals surface area contributed by atoms with E-state index in [1.54, 1.807) is 16.8 Å². The van der Waals surface area contributed by atoms with Gasteiger partial charge in [-0.25, -0.2) is 0 Å². The van der Waals surface area contributed by atoms with Crippen LogP contribution in [0.25, 0.3) is 0 Å². The number of hydrazine groups is 1. The largest absolute Gasteiger partial charge is 0.271 e. The summed E-state index contributed by atoms with van der Waals surface area (Å²) in [6, 6.07) is 5.17. The van der Waals surface area contributed by atoms with Gasteiger partial charge >= 0.3 is 0 Å². The molecule has 1 aromatic heterocycles. The predicted octanol–water partition coefficient (Wildman–Crippen LogP) is 3.69. The molecule has 0 saturated carbocycles. The second-order valence-electron chi connectivity index (χ2n) is 4.77. The zero-order chi connectivity index (χ0) is 15.6. The normalized spacial score (nSPS) is 12.7. The molecular weight excluding hydrogens is 331 g/mol. The van der Waals surface area contributed by atoms with Crippen LogP contribution in [0.4, 0.5) is 0 Å². The summed E-state index contributed by atoms with van der Waals surface area (Å²) in [5.41, 5.74) is 5.46. The minimum atomic E-state index is -0.174. The summed E-state index contributed by atoms with van der Waals surface area (Å²) in [7, 11) is 1.87. The van der Waals surface area contributed by atoms with Gasteiger partial charge in [-0.15, -0.1) is 0 Å². The van der Waals surface area contributed by atoms with Crippen LogP contribution >= 0.6 is 34.8 Å². The van der Waals surface area contributed by atoms with Crippen LogP contribution < -0.4 is 11.3 Å². The SMILES string of the molecule is CCc1nn(C)c(CC(NN)c2ccc(Cl)cc2Cl)c1Cl. The van der Waals surface area contributed by atoms with E-state index in [2.05, 4.69) is 10.5 Å². The minimum Gasteiger partial charge on any atom is -0.271 e. The van der Waals surface area contributed by atoms with Crippen molar-refractivity contribution in [1.82, 2.24) is 15.2 Å². The summed E-state index contributed by atoms with van der Waals surface area (Å²) in [6.07, 6.45) is 1.37. The first-order valence-corrected chi connectivity index (χ1v) is 7.72. The number of hydrogen-bond acceptors (Lipinski definition) is 3. The summed E-state index contributed by atoms with van der Waals surface area (Å²) in [6.45, 7) is 2.02. The molecule has 0 aliphatic carbocycles. The zero-order valence-electron chi connectivity index (χ0n) is 11.8. The van der Waals surface area contributed by atoms with Gasteiger partial charge in [-0.1, -0.05) is 47.8 Å². The smallest absolute Gasteiger partial charge is 0.0850 e. The lowest BCUT2D eigenvalue weighted by Gasteiger charge is -2.18. The van der Waals surface area contributed by atoms with Crippen molar-refractivity contribution in [2.75, 3.05) is 0 Å². The molecular formula is C14H17Cl3N4. The molecule has 1 aromatic carbocycles. The molecule has 0 saturated heterocycles. The minimum absolute atomic E-state index is 0.174. The lowest BCUT2D eigenvalue weighted by molar-refractivity contribution is 0.530. The average Bonchev–Trinajstić information content (AvgIpc) is 2.72. The fourth-order valence-corrected chi connectivity index (χ4v) is 3.19. The van der Waals surface area contributed by atoms with Gasteiger partial charge in [-0.05, 0) is 24.1 Å². The highest BCUT2D eigenvalue weighted by atomic mass is 35.5. The molecule has 0 aliphatic rings. The molecule has 1 heterocycles. The number of aromatic nitrogens is 2. The molecule has 1 atom stereocenters. The van der Waals surface area contributed by atoms with Gasteiger partial charge in [0.15, 0.2) is 0 Å². The van der Waals surface area contributed by atoms with E-state index in [1.165, 1.54) is 0 Å². The quantitative estimate of drug-likeness (QED) is 0.640. The second kappa shape index (κ2) is 6.99. The molecule has 7 heteroatoms. The van der Waals surface area contributed by atoms with E-state index in [0.717, 1.165) is 23.4 Å². The fourth-order valence-electron chi connectivity index (χ4n) is 2.28. The molecule has 21 heavy (non-hydrogen) atoms. The molecule has 2 rings (SSSR count).